The number of aromatic nitrogens is 2. The highest BCUT2D eigenvalue weighted by molar-refractivity contribution is 6.00. The van der Waals surface area contributed by atoms with E-state index in [-0.39, 0.29) is 5.84 Å². The van der Waals surface area contributed by atoms with Crippen molar-refractivity contribution in [3.05, 3.63) is 11.3 Å². The van der Waals surface area contributed by atoms with Crippen LogP contribution in [0.2, 0.25) is 0 Å². The van der Waals surface area contributed by atoms with Crippen molar-refractivity contribution >= 4 is 11.7 Å². The molecule has 0 spiro atoms. The first-order chi connectivity index (χ1) is 8.02. The molecule has 5 heteroatoms. The van der Waals surface area contributed by atoms with E-state index in [0.29, 0.717) is 6.04 Å². The van der Waals surface area contributed by atoms with Crippen LogP contribution in [0.1, 0.15) is 36.9 Å². The molecule has 3 N–H and O–H groups in total. The molecular formula is C12H21N5. The SMILES string of the molecule is Cc1nn(C)c(N(C)C2CCCC2)c1C(=N)N. The summed E-state index contributed by atoms with van der Waals surface area (Å²) in [5.41, 5.74) is 7.28. The number of anilines is 1. The molecule has 0 unspecified atom stereocenters. The van der Waals surface area contributed by atoms with Crippen molar-refractivity contribution in [3.8, 4) is 0 Å². The highest BCUT2D eigenvalue weighted by Gasteiger charge is 2.26. The maximum absolute atomic E-state index is 7.69. The fraction of sp³-hybridized carbons (Fsp3) is 0.667. The number of aryl methyl sites for hydroxylation is 2. The van der Waals surface area contributed by atoms with Crippen molar-refractivity contribution in [1.29, 1.82) is 5.41 Å². The number of rotatable bonds is 3. The van der Waals surface area contributed by atoms with Crippen LogP contribution in [0, 0.1) is 12.3 Å². The van der Waals surface area contributed by atoms with Crippen LogP contribution < -0.4 is 10.6 Å². The summed E-state index contributed by atoms with van der Waals surface area (Å²) in [5, 5.41) is 12.1. The second-order valence-electron chi connectivity index (χ2n) is 4.87. The first-order valence-corrected chi connectivity index (χ1v) is 6.13. The number of nitrogens with two attached hydrogens (primary N) is 1. The molecule has 1 aromatic heterocycles. The largest absolute Gasteiger partial charge is 0.384 e. The minimum Gasteiger partial charge on any atom is -0.384 e. The van der Waals surface area contributed by atoms with Gasteiger partial charge in [0, 0.05) is 20.1 Å². The zero-order valence-corrected chi connectivity index (χ0v) is 10.8. The molecule has 94 valence electrons. The fourth-order valence-electron chi connectivity index (χ4n) is 2.83. The summed E-state index contributed by atoms with van der Waals surface area (Å²) >= 11 is 0. The van der Waals surface area contributed by atoms with Crippen molar-refractivity contribution in [2.75, 3.05) is 11.9 Å². The molecule has 1 aliphatic rings. The lowest BCUT2D eigenvalue weighted by Gasteiger charge is -2.27. The lowest BCUT2D eigenvalue weighted by Crippen LogP contribution is -2.32. The van der Waals surface area contributed by atoms with Gasteiger partial charge in [0.05, 0.1) is 11.3 Å². The van der Waals surface area contributed by atoms with Gasteiger partial charge in [0.2, 0.25) is 0 Å². The molecule has 2 rings (SSSR count). The lowest BCUT2D eigenvalue weighted by molar-refractivity contribution is 0.621. The van der Waals surface area contributed by atoms with Gasteiger partial charge in [0.25, 0.3) is 0 Å². The molecule has 0 radical (unpaired) electrons. The van der Waals surface area contributed by atoms with Crippen molar-refractivity contribution in [2.24, 2.45) is 12.8 Å². The van der Waals surface area contributed by atoms with Gasteiger partial charge >= 0.3 is 0 Å². The monoisotopic (exact) mass is 235 g/mol. The Balaban J connectivity index is 2.39. The molecule has 17 heavy (non-hydrogen) atoms. The third kappa shape index (κ3) is 2.01. The molecule has 1 aliphatic carbocycles. The number of nitrogens with zero attached hydrogens (tertiary/aromatic N) is 3. The van der Waals surface area contributed by atoms with E-state index in [0.717, 1.165) is 17.1 Å². The van der Waals surface area contributed by atoms with Crippen molar-refractivity contribution in [1.82, 2.24) is 9.78 Å². The fourth-order valence-corrected chi connectivity index (χ4v) is 2.83. The molecule has 1 fully saturated rings. The van der Waals surface area contributed by atoms with Gasteiger partial charge in [-0.25, -0.2) is 0 Å². The molecule has 5 nitrogen and oxygen atoms in total. The van der Waals surface area contributed by atoms with Crippen LogP contribution in [0.4, 0.5) is 5.82 Å². The van der Waals surface area contributed by atoms with E-state index in [1.807, 2.05) is 18.7 Å². The van der Waals surface area contributed by atoms with Crippen LogP contribution in [-0.2, 0) is 7.05 Å². The van der Waals surface area contributed by atoms with Gasteiger partial charge in [0.1, 0.15) is 11.7 Å². The van der Waals surface area contributed by atoms with Gasteiger partial charge in [-0.15, -0.1) is 0 Å². The predicted molar refractivity (Wildman–Crippen MR) is 69.6 cm³/mol. The van der Waals surface area contributed by atoms with Crippen LogP contribution in [0.3, 0.4) is 0 Å². The summed E-state index contributed by atoms with van der Waals surface area (Å²) < 4.78 is 1.84. The highest BCUT2D eigenvalue weighted by Crippen LogP contribution is 2.29. The summed E-state index contributed by atoms with van der Waals surface area (Å²) in [4.78, 5) is 2.24. The predicted octanol–water partition coefficient (Wildman–Crippen LogP) is 1.39. The van der Waals surface area contributed by atoms with Crippen molar-refractivity contribution < 1.29 is 0 Å². The van der Waals surface area contributed by atoms with Gasteiger partial charge < -0.3 is 10.6 Å². The number of hydrogen-bond acceptors (Lipinski definition) is 3. The Morgan fingerprint density at radius 1 is 1.47 bits per heavy atom. The Bertz CT molecular complexity index is 428. The first-order valence-electron chi connectivity index (χ1n) is 6.13. The Kier molecular flexibility index (Phi) is 3.09. The number of nitrogen functional groups attached to an aromatic ring is 1. The minimum absolute atomic E-state index is 0.107. The smallest absolute Gasteiger partial charge is 0.137 e. The molecule has 0 bridgehead atoms. The molecule has 0 saturated heterocycles. The normalized spacial score (nSPS) is 16.4. The molecule has 0 aliphatic heterocycles. The van der Waals surface area contributed by atoms with Crippen LogP contribution in [-0.4, -0.2) is 28.7 Å². The van der Waals surface area contributed by atoms with E-state index in [9.17, 15) is 0 Å². The van der Waals surface area contributed by atoms with Crippen LogP contribution in [0.15, 0.2) is 0 Å². The standard InChI is InChI=1S/C12H21N5/c1-8-10(11(13)14)12(17(3)15-8)16(2)9-6-4-5-7-9/h9H,4-7H2,1-3H3,(H3,13,14). The Morgan fingerprint density at radius 3 is 2.59 bits per heavy atom. The third-order valence-corrected chi connectivity index (χ3v) is 3.67. The second kappa shape index (κ2) is 4.39. The average molecular weight is 235 g/mol. The Labute approximate surface area is 102 Å². The Morgan fingerprint density at radius 2 is 2.06 bits per heavy atom. The summed E-state index contributed by atoms with van der Waals surface area (Å²) in [6.07, 6.45) is 5.03. The summed E-state index contributed by atoms with van der Waals surface area (Å²) in [7, 11) is 4.00. The number of nitrogens with one attached hydrogen (secondary N) is 1. The van der Waals surface area contributed by atoms with Crippen LogP contribution >= 0.6 is 0 Å². The minimum atomic E-state index is 0.107. The van der Waals surface area contributed by atoms with Gasteiger partial charge in [0.15, 0.2) is 0 Å². The molecule has 0 atom stereocenters. The molecule has 0 aromatic carbocycles. The quantitative estimate of drug-likeness (QED) is 0.614. The third-order valence-electron chi connectivity index (χ3n) is 3.67. The second-order valence-corrected chi connectivity index (χ2v) is 4.87. The van der Waals surface area contributed by atoms with Crippen LogP contribution in [0.25, 0.3) is 0 Å². The summed E-state index contributed by atoms with van der Waals surface area (Å²) in [6, 6.07) is 0.558. The van der Waals surface area contributed by atoms with Gasteiger partial charge in [-0.05, 0) is 19.8 Å². The van der Waals surface area contributed by atoms with Crippen LogP contribution in [0.5, 0.6) is 0 Å². The number of amidine groups is 1. The average Bonchev–Trinajstić information content (AvgIpc) is 2.84. The van der Waals surface area contributed by atoms with Crippen molar-refractivity contribution in [3.63, 3.8) is 0 Å². The molecule has 1 aromatic rings. The van der Waals surface area contributed by atoms with Gasteiger partial charge in [-0.2, -0.15) is 5.10 Å². The van der Waals surface area contributed by atoms with Gasteiger partial charge in [-0.3, -0.25) is 10.1 Å². The summed E-state index contributed by atoms with van der Waals surface area (Å²) in [5.74, 6) is 1.08. The molecule has 0 amide bonds. The zero-order chi connectivity index (χ0) is 12.6. The van der Waals surface area contributed by atoms with E-state index in [4.69, 9.17) is 11.1 Å². The van der Waals surface area contributed by atoms with Crippen molar-refractivity contribution in [2.45, 2.75) is 38.6 Å². The molecule has 1 heterocycles. The van der Waals surface area contributed by atoms with E-state index >= 15 is 0 Å². The lowest BCUT2D eigenvalue weighted by atomic mass is 10.1. The molecule has 1 saturated carbocycles. The van der Waals surface area contributed by atoms with E-state index in [1.165, 1.54) is 25.7 Å². The van der Waals surface area contributed by atoms with E-state index in [2.05, 4.69) is 17.0 Å². The van der Waals surface area contributed by atoms with E-state index < -0.39 is 0 Å². The summed E-state index contributed by atoms with van der Waals surface area (Å²) in [6.45, 7) is 1.91. The van der Waals surface area contributed by atoms with E-state index in [1.54, 1.807) is 0 Å². The number of hydrogen-bond donors (Lipinski definition) is 2. The highest BCUT2D eigenvalue weighted by atomic mass is 15.4. The molecular weight excluding hydrogens is 214 g/mol. The zero-order valence-electron chi connectivity index (χ0n) is 10.8. The van der Waals surface area contributed by atoms with Gasteiger partial charge in [-0.1, -0.05) is 12.8 Å². The maximum Gasteiger partial charge on any atom is 0.137 e. The Hall–Kier alpha value is -1.52. The first kappa shape index (κ1) is 12.0. The topological polar surface area (TPSA) is 70.9 Å². The maximum atomic E-state index is 7.69.